The van der Waals surface area contributed by atoms with Crippen LogP contribution in [-0.2, 0) is 9.59 Å². The highest BCUT2D eigenvalue weighted by atomic mass is 16.4. The lowest BCUT2D eigenvalue weighted by Crippen LogP contribution is -2.08. The summed E-state index contributed by atoms with van der Waals surface area (Å²) in [6.45, 7) is 4.83. The van der Waals surface area contributed by atoms with Crippen molar-refractivity contribution in [3.05, 3.63) is 36.0 Å². The molecule has 0 aliphatic heterocycles. The van der Waals surface area contributed by atoms with Crippen LogP contribution in [0.3, 0.4) is 0 Å². The zero-order valence-electron chi connectivity index (χ0n) is 7.15. The maximum atomic E-state index is 10.6. The highest BCUT2D eigenvalue weighted by Crippen LogP contribution is 2.08. The Balaban J connectivity index is 5.38. The molecule has 70 valence electrons. The second-order valence-electron chi connectivity index (χ2n) is 2.14. The van der Waals surface area contributed by atoms with Gasteiger partial charge in [0.1, 0.15) is 0 Å². The van der Waals surface area contributed by atoms with Crippen LogP contribution in [0, 0.1) is 0 Å². The molecule has 4 heteroatoms. The second-order valence-corrected chi connectivity index (χ2v) is 2.14. The molecule has 0 heterocycles. The lowest BCUT2D eigenvalue weighted by atomic mass is 10.1. The molecule has 0 saturated carbocycles. The van der Waals surface area contributed by atoms with E-state index in [-0.39, 0.29) is 11.1 Å². The Morgan fingerprint density at radius 1 is 1.15 bits per heavy atom. The van der Waals surface area contributed by atoms with E-state index in [2.05, 4.69) is 6.58 Å². The van der Waals surface area contributed by atoms with E-state index >= 15 is 0 Å². The van der Waals surface area contributed by atoms with E-state index in [9.17, 15) is 9.59 Å². The van der Waals surface area contributed by atoms with Gasteiger partial charge in [-0.15, -0.1) is 0 Å². The number of allylic oxidation sites excluding steroid dienone is 1. The summed E-state index contributed by atoms with van der Waals surface area (Å²) < 4.78 is 0. The van der Waals surface area contributed by atoms with Crippen molar-refractivity contribution in [2.45, 2.75) is 6.92 Å². The summed E-state index contributed by atoms with van der Waals surface area (Å²) in [6.07, 6.45) is 3.68. The Kier molecular flexibility index (Phi) is 4.23. The normalized spacial score (nSPS) is 12.4. The molecule has 0 aromatic carbocycles. The van der Waals surface area contributed by atoms with Crippen molar-refractivity contribution in [2.24, 2.45) is 0 Å². The van der Waals surface area contributed by atoms with Crippen LogP contribution in [0.25, 0.3) is 0 Å². The third-order valence-electron chi connectivity index (χ3n) is 1.29. The van der Waals surface area contributed by atoms with E-state index in [0.29, 0.717) is 0 Å². The van der Waals surface area contributed by atoms with Crippen molar-refractivity contribution in [3.63, 3.8) is 0 Å². The highest BCUT2D eigenvalue weighted by molar-refractivity contribution is 6.02. The number of aliphatic carboxylic acids is 2. The summed E-state index contributed by atoms with van der Waals surface area (Å²) in [4.78, 5) is 21.1. The predicted molar refractivity (Wildman–Crippen MR) is 47.3 cm³/mol. The molecular weight excluding hydrogens is 172 g/mol. The van der Waals surface area contributed by atoms with Crippen LogP contribution in [0.2, 0.25) is 0 Å². The molecule has 0 aromatic heterocycles. The van der Waals surface area contributed by atoms with Crippen molar-refractivity contribution in [3.8, 4) is 0 Å². The molecule has 0 amide bonds. The standard InChI is InChI=1S/C9H10O4/c1-3-5-7(9(12)13)6(4-2)8(10)11/h3-5H,2H2,1H3,(H,10,11)(H,12,13)/b5-3-,7-6-. The molecular formula is C9H10O4. The van der Waals surface area contributed by atoms with Crippen LogP contribution in [0.5, 0.6) is 0 Å². The van der Waals surface area contributed by atoms with E-state index in [4.69, 9.17) is 10.2 Å². The molecule has 0 saturated heterocycles. The minimum atomic E-state index is -1.30. The molecule has 0 aliphatic carbocycles. The van der Waals surface area contributed by atoms with Crippen LogP contribution >= 0.6 is 0 Å². The van der Waals surface area contributed by atoms with Gasteiger partial charge in [-0.1, -0.05) is 24.8 Å². The van der Waals surface area contributed by atoms with E-state index in [1.54, 1.807) is 6.92 Å². The summed E-state index contributed by atoms with van der Waals surface area (Å²) in [5.41, 5.74) is -0.587. The highest BCUT2D eigenvalue weighted by Gasteiger charge is 2.14. The lowest BCUT2D eigenvalue weighted by molar-refractivity contribution is -0.135. The van der Waals surface area contributed by atoms with E-state index in [1.807, 2.05) is 0 Å². The molecule has 0 atom stereocenters. The second kappa shape index (κ2) is 4.92. The quantitative estimate of drug-likeness (QED) is 0.506. The first kappa shape index (κ1) is 11.2. The molecule has 0 rings (SSSR count). The van der Waals surface area contributed by atoms with Gasteiger partial charge in [-0.05, 0) is 6.92 Å². The van der Waals surface area contributed by atoms with Gasteiger partial charge in [0.15, 0.2) is 0 Å². The van der Waals surface area contributed by atoms with Gasteiger partial charge in [0.25, 0.3) is 0 Å². The molecule has 0 bridgehead atoms. The predicted octanol–water partition coefficient (Wildman–Crippen LogP) is 1.21. The Bertz CT molecular complexity index is 297. The molecule has 2 N–H and O–H groups in total. The van der Waals surface area contributed by atoms with E-state index in [0.717, 1.165) is 6.08 Å². The number of carbonyl (C=O) groups is 2. The molecule has 0 fully saturated rings. The third kappa shape index (κ3) is 2.94. The Morgan fingerprint density at radius 2 is 1.62 bits per heavy atom. The Hall–Kier alpha value is -1.84. The number of hydrogen-bond acceptors (Lipinski definition) is 2. The van der Waals surface area contributed by atoms with Crippen LogP contribution in [0.15, 0.2) is 36.0 Å². The monoisotopic (exact) mass is 182 g/mol. The van der Waals surface area contributed by atoms with Gasteiger partial charge in [-0.25, -0.2) is 9.59 Å². The lowest BCUT2D eigenvalue weighted by Gasteiger charge is -1.98. The van der Waals surface area contributed by atoms with Gasteiger partial charge in [0.2, 0.25) is 0 Å². The third-order valence-corrected chi connectivity index (χ3v) is 1.29. The van der Waals surface area contributed by atoms with Crippen molar-refractivity contribution in [1.82, 2.24) is 0 Å². The number of carboxylic acid groups (broad SMARTS) is 2. The zero-order valence-corrected chi connectivity index (χ0v) is 7.15. The maximum Gasteiger partial charge on any atom is 0.336 e. The maximum absolute atomic E-state index is 10.6. The van der Waals surface area contributed by atoms with E-state index in [1.165, 1.54) is 12.2 Å². The summed E-state index contributed by atoms with van der Waals surface area (Å²) in [5.74, 6) is -2.58. The van der Waals surface area contributed by atoms with E-state index < -0.39 is 11.9 Å². The molecule has 0 aliphatic rings. The topological polar surface area (TPSA) is 74.6 Å². The van der Waals surface area contributed by atoms with Crippen LogP contribution in [0.4, 0.5) is 0 Å². The first-order valence-corrected chi connectivity index (χ1v) is 3.50. The number of carboxylic acids is 2. The van der Waals surface area contributed by atoms with Crippen molar-refractivity contribution < 1.29 is 19.8 Å². The summed E-state index contributed by atoms with van der Waals surface area (Å²) in [5, 5.41) is 17.2. The molecule has 13 heavy (non-hydrogen) atoms. The zero-order chi connectivity index (χ0) is 10.4. The fourth-order valence-corrected chi connectivity index (χ4v) is 0.755. The molecule has 0 unspecified atom stereocenters. The number of hydrogen-bond donors (Lipinski definition) is 2. The number of rotatable bonds is 4. The van der Waals surface area contributed by atoms with Crippen molar-refractivity contribution in [1.29, 1.82) is 0 Å². The molecule has 0 aromatic rings. The smallest absolute Gasteiger partial charge is 0.336 e. The van der Waals surface area contributed by atoms with Gasteiger partial charge < -0.3 is 10.2 Å². The molecule has 0 radical (unpaired) electrons. The van der Waals surface area contributed by atoms with Crippen LogP contribution in [-0.4, -0.2) is 22.2 Å². The fourth-order valence-electron chi connectivity index (χ4n) is 0.755. The van der Waals surface area contributed by atoms with Crippen LogP contribution in [0.1, 0.15) is 6.92 Å². The summed E-state index contributed by atoms with van der Waals surface area (Å²) in [7, 11) is 0. The van der Waals surface area contributed by atoms with Gasteiger partial charge in [-0.2, -0.15) is 0 Å². The first-order valence-electron chi connectivity index (χ1n) is 3.50. The average molecular weight is 182 g/mol. The van der Waals surface area contributed by atoms with Crippen molar-refractivity contribution >= 4 is 11.9 Å². The Labute approximate surface area is 75.5 Å². The van der Waals surface area contributed by atoms with Gasteiger partial charge in [0.05, 0.1) is 11.1 Å². The Morgan fingerprint density at radius 3 is 1.85 bits per heavy atom. The summed E-state index contributed by atoms with van der Waals surface area (Å²) in [6, 6.07) is 0. The first-order chi connectivity index (χ1) is 6.04. The summed E-state index contributed by atoms with van der Waals surface area (Å²) >= 11 is 0. The minimum Gasteiger partial charge on any atom is -0.478 e. The fraction of sp³-hybridized carbons (Fsp3) is 0.111. The minimum absolute atomic E-state index is 0.273. The van der Waals surface area contributed by atoms with Crippen molar-refractivity contribution in [2.75, 3.05) is 0 Å². The SMILES string of the molecule is C=C/C(C(=O)O)=C(\C=C/C)C(=O)O. The molecule has 4 nitrogen and oxygen atoms in total. The van der Waals surface area contributed by atoms with Gasteiger partial charge in [0, 0.05) is 0 Å². The van der Waals surface area contributed by atoms with Gasteiger partial charge in [-0.3, -0.25) is 0 Å². The largest absolute Gasteiger partial charge is 0.478 e. The van der Waals surface area contributed by atoms with Crippen LogP contribution < -0.4 is 0 Å². The molecule has 0 spiro atoms. The average Bonchev–Trinajstić information content (AvgIpc) is 2.03. The van der Waals surface area contributed by atoms with Gasteiger partial charge >= 0.3 is 11.9 Å².